The van der Waals surface area contributed by atoms with Gasteiger partial charge in [0.05, 0.1) is 17.5 Å². The van der Waals surface area contributed by atoms with Crippen molar-refractivity contribution in [1.82, 2.24) is 29.0 Å². The Hall–Kier alpha value is -3.90. The van der Waals surface area contributed by atoms with Gasteiger partial charge in [0.15, 0.2) is 21.2 Å². The first-order valence-corrected chi connectivity index (χ1v) is 13.6. The van der Waals surface area contributed by atoms with E-state index in [-0.39, 0.29) is 0 Å². The third-order valence-electron chi connectivity index (χ3n) is 6.63. The van der Waals surface area contributed by atoms with Crippen LogP contribution in [0.2, 0.25) is 0 Å². The van der Waals surface area contributed by atoms with Crippen LogP contribution in [0.4, 0.5) is 11.6 Å². The molecule has 186 valence electrons. The lowest BCUT2D eigenvalue weighted by molar-refractivity contribution is 0.249. The number of nitrogens with two attached hydrogens (primary N) is 1. The molecule has 0 unspecified atom stereocenters. The van der Waals surface area contributed by atoms with Crippen LogP contribution in [-0.2, 0) is 16.4 Å². The van der Waals surface area contributed by atoms with Crippen molar-refractivity contribution in [2.24, 2.45) is 0 Å². The van der Waals surface area contributed by atoms with Crippen LogP contribution in [0.3, 0.4) is 0 Å². The number of nitrogens with zero attached hydrogens (tertiary/aromatic N) is 7. The summed E-state index contributed by atoms with van der Waals surface area (Å²) >= 11 is 0. The SMILES string of the molecule is CS(=O)(=O)c1ccc(N2CCN(CCn3cnc4c3nc(N)n3nc(-c5ccco5)cc43)CC2)cc1. The van der Waals surface area contributed by atoms with Gasteiger partial charge in [0, 0.05) is 51.2 Å². The highest BCUT2D eigenvalue weighted by Gasteiger charge is 2.20. The molecule has 0 bridgehead atoms. The number of fused-ring (bicyclic) bond motifs is 3. The molecule has 1 fully saturated rings. The van der Waals surface area contributed by atoms with Crippen LogP contribution in [-0.4, -0.2) is 76.4 Å². The maximum atomic E-state index is 11.7. The normalized spacial score (nSPS) is 15.3. The number of benzene rings is 1. The highest BCUT2D eigenvalue weighted by atomic mass is 32.2. The molecule has 4 aromatic heterocycles. The zero-order chi connectivity index (χ0) is 24.9. The number of anilines is 2. The van der Waals surface area contributed by atoms with Gasteiger partial charge in [-0.1, -0.05) is 0 Å². The van der Waals surface area contributed by atoms with Crippen molar-refractivity contribution < 1.29 is 12.8 Å². The highest BCUT2D eigenvalue weighted by Crippen LogP contribution is 2.26. The molecule has 0 aliphatic carbocycles. The second-order valence-corrected chi connectivity index (χ2v) is 11.0. The second kappa shape index (κ2) is 8.64. The van der Waals surface area contributed by atoms with E-state index in [0.29, 0.717) is 22.3 Å². The molecule has 0 saturated carbocycles. The first-order valence-electron chi connectivity index (χ1n) is 11.7. The van der Waals surface area contributed by atoms with Crippen LogP contribution >= 0.6 is 0 Å². The monoisotopic (exact) mass is 506 g/mol. The number of piperazine rings is 1. The molecule has 1 aromatic carbocycles. The second-order valence-electron chi connectivity index (χ2n) is 8.98. The Morgan fingerprint density at radius 1 is 1.06 bits per heavy atom. The average Bonchev–Trinajstić information content (AvgIpc) is 3.62. The Labute approximate surface area is 207 Å². The van der Waals surface area contributed by atoms with Gasteiger partial charge in [-0.05, 0) is 42.5 Å². The van der Waals surface area contributed by atoms with Crippen molar-refractivity contribution in [3.05, 3.63) is 55.1 Å². The zero-order valence-corrected chi connectivity index (χ0v) is 20.6. The van der Waals surface area contributed by atoms with E-state index in [1.807, 2.05) is 34.9 Å². The largest absolute Gasteiger partial charge is 0.463 e. The fourth-order valence-electron chi connectivity index (χ4n) is 4.65. The van der Waals surface area contributed by atoms with E-state index in [1.165, 1.54) is 6.26 Å². The van der Waals surface area contributed by atoms with Crippen LogP contribution in [0.15, 0.2) is 64.4 Å². The lowest BCUT2D eigenvalue weighted by Crippen LogP contribution is -2.47. The van der Waals surface area contributed by atoms with Gasteiger partial charge in [0.2, 0.25) is 5.95 Å². The van der Waals surface area contributed by atoms with Crippen molar-refractivity contribution in [3.8, 4) is 11.5 Å². The maximum Gasteiger partial charge on any atom is 0.223 e. The molecule has 12 heteroatoms. The number of nitrogen functional groups attached to an aromatic ring is 1. The van der Waals surface area contributed by atoms with Gasteiger partial charge in [-0.3, -0.25) is 4.90 Å². The molecular formula is C24H26N8O3S. The Morgan fingerprint density at radius 3 is 2.53 bits per heavy atom. The van der Waals surface area contributed by atoms with E-state index in [9.17, 15) is 8.42 Å². The lowest BCUT2D eigenvalue weighted by Gasteiger charge is -2.36. The fourth-order valence-corrected chi connectivity index (χ4v) is 5.28. The summed E-state index contributed by atoms with van der Waals surface area (Å²) in [5.74, 6) is 0.962. The molecule has 11 nitrogen and oxygen atoms in total. The predicted molar refractivity (Wildman–Crippen MR) is 137 cm³/mol. The van der Waals surface area contributed by atoms with Crippen molar-refractivity contribution in [2.45, 2.75) is 11.4 Å². The molecular weight excluding hydrogens is 480 g/mol. The fraction of sp³-hybridized carbons (Fsp3) is 0.292. The van der Waals surface area contributed by atoms with Gasteiger partial charge < -0.3 is 19.6 Å². The summed E-state index contributed by atoms with van der Waals surface area (Å²) in [5.41, 5.74) is 10.2. The van der Waals surface area contributed by atoms with E-state index >= 15 is 0 Å². The van der Waals surface area contributed by atoms with Gasteiger partial charge in [-0.25, -0.2) is 13.4 Å². The van der Waals surface area contributed by atoms with E-state index < -0.39 is 9.84 Å². The number of imidazole rings is 1. The first-order chi connectivity index (χ1) is 17.4. The molecule has 0 radical (unpaired) electrons. The summed E-state index contributed by atoms with van der Waals surface area (Å²) in [5, 5.41) is 4.53. The van der Waals surface area contributed by atoms with Gasteiger partial charge in [0.1, 0.15) is 16.7 Å². The highest BCUT2D eigenvalue weighted by molar-refractivity contribution is 7.90. The molecule has 0 spiro atoms. The third kappa shape index (κ3) is 4.07. The molecule has 0 atom stereocenters. The van der Waals surface area contributed by atoms with E-state index in [1.54, 1.807) is 29.2 Å². The van der Waals surface area contributed by atoms with E-state index in [2.05, 4.69) is 24.9 Å². The van der Waals surface area contributed by atoms with Crippen molar-refractivity contribution in [3.63, 3.8) is 0 Å². The summed E-state index contributed by atoms with van der Waals surface area (Å²) in [6.45, 7) is 5.17. The van der Waals surface area contributed by atoms with Crippen LogP contribution in [0.5, 0.6) is 0 Å². The molecule has 36 heavy (non-hydrogen) atoms. The Balaban J connectivity index is 1.13. The maximum absolute atomic E-state index is 11.7. The third-order valence-corrected chi connectivity index (χ3v) is 7.76. The quantitative estimate of drug-likeness (QED) is 0.368. The van der Waals surface area contributed by atoms with Crippen molar-refractivity contribution in [1.29, 1.82) is 0 Å². The Bertz CT molecular complexity index is 1630. The summed E-state index contributed by atoms with van der Waals surface area (Å²) in [4.78, 5) is 14.2. The van der Waals surface area contributed by atoms with Crippen LogP contribution in [0, 0.1) is 0 Å². The molecule has 1 saturated heterocycles. The Kier molecular flexibility index (Phi) is 5.41. The summed E-state index contributed by atoms with van der Waals surface area (Å²) in [6, 6.07) is 12.7. The number of hydrogen-bond donors (Lipinski definition) is 1. The minimum atomic E-state index is -3.18. The number of hydrogen-bond acceptors (Lipinski definition) is 9. The number of aromatic nitrogens is 5. The lowest BCUT2D eigenvalue weighted by atomic mass is 10.2. The molecule has 5 aromatic rings. The van der Waals surface area contributed by atoms with Gasteiger partial charge >= 0.3 is 0 Å². The molecule has 1 aliphatic heterocycles. The Morgan fingerprint density at radius 2 is 1.83 bits per heavy atom. The van der Waals surface area contributed by atoms with Crippen LogP contribution < -0.4 is 10.6 Å². The summed E-state index contributed by atoms with van der Waals surface area (Å²) < 4.78 is 32.5. The molecule has 6 rings (SSSR count). The van der Waals surface area contributed by atoms with Crippen molar-refractivity contribution in [2.75, 3.05) is 49.6 Å². The number of furan rings is 1. The standard InChI is InChI=1S/C24H26N8O3S/c1-36(33,34)18-6-4-17(5-7-18)30-11-8-29(9-12-30)10-13-31-16-26-22-20-15-19(21-3-2-14-35-21)28-32(20)24(25)27-23(22)31/h2-7,14-16H,8-13H2,1H3,(H2,25,27). The van der Waals surface area contributed by atoms with Crippen LogP contribution in [0.1, 0.15) is 0 Å². The zero-order valence-electron chi connectivity index (χ0n) is 19.8. The summed E-state index contributed by atoms with van der Waals surface area (Å²) in [7, 11) is -3.18. The van der Waals surface area contributed by atoms with Gasteiger partial charge in [0.25, 0.3) is 0 Å². The molecule has 5 heterocycles. The topological polar surface area (TPSA) is 128 Å². The predicted octanol–water partition coefficient (Wildman–Crippen LogP) is 2.15. The van der Waals surface area contributed by atoms with E-state index in [4.69, 9.17) is 10.2 Å². The van der Waals surface area contributed by atoms with Gasteiger partial charge in [-0.15, -0.1) is 0 Å². The van der Waals surface area contributed by atoms with Gasteiger partial charge in [-0.2, -0.15) is 14.6 Å². The minimum Gasteiger partial charge on any atom is -0.463 e. The number of sulfone groups is 1. The molecule has 1 aliphatic rings. The summed E-state index contributed by atoms with van der Waals surface area (Å²) in [6.07, 6.45) is 4.64. The number of rotatable bonds is 6. The van der Waals surface area contributed by atoms with E-state index in [0.717, 1.165) is 61.6 Å². The smallest absolute Gasteiger partial charge is 0.223 e. The first kappa shape index (κ1) is 22.6. The average molecular weight is 507 g/mol. The van der Waals surface area contributed by atoms with Crippen LogP contribution in [0.25, 0.3) is 28.1 Å². The molecule has 0 amide bonds. The minimum absolute atomic E-state index is 0.299. The molecule has 2 N–H and O–H groups in total. The van der Waals surface area contributed by atoms with Crippen molar-refractivity contribution >= 4 is 38.2 Å².